The molecule has 0 bridgehead atoms. The van der Waals surface area contributed by atoms with E-state index < -0.39 is 0 Å². The number of hydrogen-bond acceptors (Lipinski definition) is 0. The summed E-state index contributed by atoms with van der Waals surface area (Å²) >= 11 is 0. The standard InChI is InChI=1S/C22H16/c1-2-9-18-16(7-1)11-12-19-20(18)15-17-8-3-5-13-22(17)14-6-4-10-21(19)22/h1-13,15H,14H2. The van der Waals surface area contributed by atoms with E-state index in [9.17, 15) is 0 Å². The van der Waals surface area contributed by atoms with Crippen LogP contribution in [0, 0.1) is 5.41 Å². The highest BCUT2D eigenvalue weighted by molar-refractivity contribution is 6.01. The Labute approximate surface area is 130 Å². The highest BCUT2D eigenvalue weighted by Gasteiger charge is 2.39. The summed E-state index contributed by atoms with van der Waals surface area (Å²) in [6.07, 6.45) is 19.2. The summed E-state index contributed by atoms with van der Waals surface area (Å²) in [5.74, 6) is 0. The molecule has 0 fully saturated rings. The van der Waals surface area contributed by atoms with Crippen molar-refractivity contribution in [2.24, 2.45) is 5.41 Å². The summed E-state index contributed by atoms with van der Waals surface area (Å²) in [6, 6.07) is 13.2. The van der Waals surface area contributed by atoms with Crippen molar-refractivity contribution in [3.05, 3.63) is 95.6 Å². The van der Waals surface area contributed by atoms with Gasteiger partial charge in [-0.2, -0.15) is 0 Å². The first-order chi connectivity index (χ1) is 10.9. The number of hydrogen-bond donors (Lipinski definition) is 0. The van der Waals surface area contributed by atoms with Crippen LogP contribution in [0.4, 0.5) is 0 Å². The lowest BCUT2D eigenvalue weighted by atomic mass is 9.62. The number of rotatable bonds is 0. The molecule has 5 rings (SSSR count). The predicted molar refractivity (Wildman–Crippen MR) is 94.4 cm³/mol. The van der Waals surface area contributed by atoms with Crippen LogP contribution in [0.2, 0.25) is 0 Å². The van der Waals surface area contributed by atoms with Gasteiger partial charge in [0.2, 0.25) is 0 Å². The number of benzene rings is 2. The first-order valence-electron chi connectivity index (χ1n) is 7.86. The molecule has 0 saturated carbocycles. The Bertz CT molecular complexity index is 947. The first-order valence-corrected chi connectivity index (χ1v) is 7.86. The van der Waals surface area contributed by atoms with Crippen molar-refractivity contribution in [3.63, 3.8) is 0 Å². The van der Waals surface area contributed by atoms with Crippen molar-refractivity contribution in [3.8, 4) is 0 Å². The molecule has 0 heterocycles. The van der Waals surface area contributed by atoms with Gasteiger partial charge in [-0.1, -0.05) is 78.9 Å². The van der Waals surface area contributed by atoms with Crippen molar-refractivity contribution in [2.75, 3.05) is 0 Å². The van der Waals surface area contributed by atoms with E-state index in [1.807, 2.05) is 0 Å². The van der Waals surface area contributed by atoms with Gasteiger partial charge in [0.25, 0.3) is 0 Å². The van der Waals surface area contributed by atoms with E-state index in [0.717, 1.165) is 6.42 Å². The van der Waals surface area contributed by atoms with Crippen molar-refractivity contribution in [1.82, 2.24) is 0 Å². The monoisotopic (exact) mass is 280 g/mol. The summed E-state index contributed by atoms with van der Waals surface area (Å²) in [6.45, 7) is 0. The van der Waals surface area contributed by atoms with Crippen LogP contribution in [-0.4, -0.2) is 0 Å². The van der Waals surface area contributed by atoms with E-state index >= 15 is 0 Å². The molecule has 0 nitrogen and oxygen atoms in total. The van der Waals surface area contributed by atoms with E-state index in [2.05, 4.69) is 85.0 Å². The zero-order valence-electron chi connectivity index (χ0n) is 12.3. The van der Waals surface area contributed by atoms with Gasteiger partial charge in [-0.3, -0.25) is 0 Å². The van der Waals surface area contributed by atoms with Gasteiger partial charge in [-0.25, -0.2) is 0 Å². The topological polar surface area (TPSA) is 0 Å². The van der Waals surface area contributed by atoms with Crippen molar-refractivity contribution < 1.29 is 0 Å². The summed E-state index contributed by atoms with van der Waals surface area (Å²) in [5, 5.41) is 2.66. The predicted octanol–water partition coefficient (Wildman–Crippen LogP) is 5.69. The Morgan fingerprint density at radius 3 is 2.86 bits per heavy atom. The van der Waals surface area contributed by atoms with Crippen LogP contribution in [-0.2, 0) is 0 Å². The molecule has 2 aromatic carbocycles. The van der Waals surface area contributed by atoms with E-state index in [0.29, 0.717) is 0 Å². The van der Waals surface area contributed by atoms with E-state index in [1.54, 1.807) is 0 Å². The lowest BCUT2D eigenvalue weighted by molar-refractivity contribution is 0.624. The fourth-order valence-corrected chi connectivity index (χ4v) is 4.08. The Hall–Kier alpha value is -2.60. The van der Waals surface area contributed by atoms with Crippen LogP contribution in [0.15, 0.2) is 84.5 Å². The summed E-state index contributed by atoms with van der Waals surface area (Å²) in [5.41, 5.74) is 5.64. The zero-order valence-corrected chi connectivity index (χ0v) is 12.3. The summed E-state index contributed by atoms with van der Waals surface area (Å²) < 4.78 is 0. The van der Waals surface area contributed by atoms with Crippen LogP contribution in [0.25, 0.3) is 22.4 Å². The normalized spacial score (nSPS) is 24.4. The highest BCUT2D eigenvalue weighted by atomic mass is 14.4. The molecule has 3 aliphatic carbocycles. The van der Waals surface area contributed by atoms with E-state index in [-0.39, 0.29) is 5.41 Å². The van der Waals surface area contributed by atoms with Crippen LogP contribution < -0.4 is 0 Å². The number of allylic oxidation sites excluding steroid dienone is 9. The van der Waals surface area contributed by atoms with Crippen LogP contribution in [0.1, 0.15) is 17.5 Å². The lowest BCUT2D eigenvalue weighted by Crippen LogP contribution is -2.27. The molecule has 2 aromatic rings. The zero-order chi connectivity index (χ0) is 14.6. The Morgan fingerprint density at radius 1 is 0.909 bits per heavy atom. The third kappa shape index (κ3) is 1.42. The smallest absolute Gasteiger partial charge is 0.0425 e. The molecule has 0 N–H and O–H groups in total. The van der Waals surface area contributed by atoms with Gasteiger partial charge in [-0.05, 0) is 45.5 Å². The molecule has 104 valence electrons. The van der Waals surface area contributed by atoms with Gasteiger partial charge in [-0.15, -0.1) is 0 Å². The summed E-state index contributed by atoms with van der Waals surface area (Å²) in [7, 11) is 0. The van der Waals surface area contributed by atoms with Gasteiger partial charge in [0.15, 0.2) is 0 Å². The van der Waals surface area contributed by atoms with Gasteiger partial charge in [0, 0.05) is 5.41 Å². The molecule has 0 saturated heterocycles. The van der Waals surface area contributed by atoms with Crippen LogP contribution >= 0.6 is 0 Å². The molecular weight excluding hydrogens is 264 g/mol. The first kappa shape index (κ1) is 12.0. The molecule has 1 spiro atoms. The average Bonchev–Trinajstić information content (AvgIpc) is 2.59. The van der Waals surface area contributed by atoms with E-state index in [1.165, 1.54) is 33.0 Å². The maximum Gasteiger partial charge on any atom is 0.0425 e. The maximum absolute atomic E-state index is 2.40. The Balaban J connectivity index is 1.92. The van der Waals surface area contributed by atoms with Gasteiger partial charge < -0.3 is 0 Å². The largest absolute Gasteiger partial charge is 0.0830 e. The van der Waals surface area contributed by atoms with Gasteiger partial charge in [0.05, 0.1) is 0 Å². The maximum atomic E-state index is 2.40. The van der Waals surface area contributed by atoms with E-state index in [4.69, 9.17) is 0 Å². The minimum atomic E-state index is 0.0406. The second-order valence-electron chi connectivity index (χ2n) is 6.25. The van der Waals surface area contributed by atoms with Crippen LogP contribution in [0.3, 0.4) is 0 Å². The van der Waals surface area contributed by atoms with Crippen LogP contribution in [0.5, 0.6) is 0 Å². The Kier molecular flexibility index (Phi) is 2.29. The highest BCUT2D eigenvalue weighted by Crippen LogP contribution is 2.54. The molecule has 1 unspecified atom stereocenters. The van der Waals surface area contributed by atoms with Gasteiger partial charge >= 0.3 is 0 Å². The minimum Gasteiger partial charge on any atom is -0.0830 e. The second kappa shape index (κ2) is 4.20. The molecular formula is C22H16. The Morgan fingerprint density at radius 2 is 1.86 bits per heavy atom. The molecule has 0 radical (unpaired) electrons. The molecule has 22 heavy (non-hydrogen) atoms. The molecule has 3 aliphatic rings. The lowest BCUT2D eigenvalue weighted by Gasteiger charge is -2.41. The fraction of sp³-hybridized carbons (Fsp3) is 0.0909. The van der Waals surface area contributed by atoms with Gasteiger partial charge in [0.1, 0.15) is 0 Å². The van der Waals surface area contributed by atoms with Crippen molar-refractivity contribution >= 4 is 22.4 Å². The van der Waals surface area contributed by atoms with Crippen molar-refractivity contribution in [1.29, 1.82) is 0 Å². The quantitative estimate of drug-likeness (QED) is 0.581. The third-order valence-electron chi connectivity index (χ3n) is 5.16. The number of fused-ring (bicyclic) bond motifs is 4. The molecule has 0 heteroatoms. The van der Waals surface area contributed by atoms with Crippen molar-refractivity contribution in [2.45, 2.75) is 6.42 Å². The average molecular weight is 280 g/mol. The molecule has 1 atom stereocenters. The SMILES string of the molecule is C1=CCC23C=CC=CC2=Cc2c(ccc4ccccc24)C3=C1. The summed E-state index contributed by atoms with van der Waals surface area (Å²) in [4.78, 5) is 0. The molecule has 0 aromatic heterocycles. The molecule has 0 amide bonds. The minimum absolute atomic E-state index is 0.0406. The second-order valence-corrected chi connectivity index (χ2v) is 6.25. The third-order valence-corrected chi connectivity index (χ3v) is 5.16. The molecule has 0 aliphatic heterocycles. The fourth-order valence-electron chi connectivity index (χ4n) is 4.08.